The highest BCUT2D eigenvalue weighted by Crippen LogP contribution is 2.16. The average molecular weight is 1520 g/mol. The SMILES string of the molecule is C.O=C(CCCC(=O)OCc1ccccc1)OCCOCCOCCOC(=O)CCCC(=O)OCc1ccccc1.O=C(CCCC(=O)ON1C(=O)CCC1=O)OCCOCCOCCOC(=O)CCCC(=O)ON1C(=O)CCC1=O.O=C(O)CCCC(=O)OCc1ccccc1.OCCOCCOCCO. The minimum absolute atomic E-state index is 0. The lowest BCUT2D eigenvalue weighted by molar-refractivity contribution is -0.197. The van der Waals surface area contributed by atoms with E-state index in [2.05, 4.69) is 0 Å². The summed E-state index contributed by atoms with van der Waals surface area (Å²) in [6, 6.07) is 28.1. The van der Waals surface area contributed by atoms with Gasteiger partial charge in [-0.15, -0.1) is 10.1 Å². The molecule has 107 heavy (non-hydrogen) atoms. The van der Waals surface area contributed by atoms with Gasteiger partial charge in [-0.2, -0.15) is 0 Å². The summed E-state index contributed by atoms with van der Waals surface area (Å²) in [4.78, 5) is 170. The van der Waals surface area contributed by atoms with Crippen LogP contribution in [0.5, 0.6) is 0 Å². The summed E-state index contributed by atoms with van der Waals surface area (Å²) >= 11 is 0. The molecule has 4 amide bonds. The minimum Gasteiger partial charge on any atom is -0.481 e. The van der Waals surface area contributed by atoms with Crippen LogP contribution in [-0.4, -0.2) is 228 Å². The highest BCUT2D eigenvalue weighted by Gasteiger charge is 2.34. The molecule has 2 aliphatic rings. The van der Waals surface area contributed by atoms with Crippen LogP contribution in [0.1, 0.15) is 146 Å². The number of carboxylic acids is 1. The molecule has 2 saturated heterocycles. The molecule has 3 aromatic rings. The topological polar surface area (TPSA) is 445 Å². The minimum atomic E-state index is -0.893. The molecule has 2 aliphatic heterocycles. The fraction of sp³-hybridized carbons (Fsp3) is 0.562. The summed E-state index contributed by atoms with van der Waals surface area (Å²) in [5.74, 6) is -7.72. The predicted octanol–water partition coefficient (Wildman–Crippen LogP) is 5.22. The van der Waals surface area contributed by atoms with E-state index in [-0.39, 0.29) is 227 Å². The van der Waals surface area contributed by atoms with Gasteiger partial charge in [-0.1, -0.05) is 98.4 Å². The molecule has 0 radical (unpaired) electrons. The molecular weight excluding hydrogens is 1420 g/mol. The number of hydroxylamine groups is 4. The normalized spacial score (nSPS) is 11.9. The van der Waals surface area contributed by atoms with Crippen LogP contribution >= 0.6 is 0 Å². The van der Waals surface area contributed by atoms with Crippen molar-refractivity contribution >= 4 is 83.3 Å². The summed E-state index contributed by atoms with van der Waals surface area (Å²) in [6.45, 7) is 4.28. The van der Waals surface area contributed by atoms with Gasteiger partial charge in [0, 0.05) is 89.9 Å². The van der Waals surface area contributed by atoms with Crippen molar-refractivity contribution in [1.29, 1.82) is 0 Å². The van der Waals surface area contributed by atoms with E-state index < -0.39 is 65.4 Å². The summed E-state index contributed by atoms with van der Waals surface area (Å²) in [5.41, 5.74) is 2.74. The molecule has 5 rings (SSSR count). The number of carbonyl (C=O) groups is 14. The highest BCUT2D eigenvalue weighted by atomic mass is 16.7. The Labute approximate surface area is 620 Å². The first kappa shape index (κ1) is 95.3. The molecule has 0 unspecified atom stereocenters. The maximum atomic E-state index is 11.7. The second kappa shape index (κ2) is 63.6. The van der Waals surface area contributed by atoms with Gasteiger partial charge in [-0.3, -0.25) is 57.5 Å². The summed E-state index contributed by atoms with van der Waals surface area (Å²) in [5, 5.41) is 25.8. The zero-order chi connectivity index (χ0) is 77.5. The number of ether oxygens (including phenoxy) is 13. The van der Waals surface area contributed by atoms with Gasteiger partial charge in [0.2, 0.25) is 0 Å². The van der Waals surface area contributed by atoms with Gasteiger partial charge in [0.05, 0.1) is 92.5 Å². The van der Waals surface area contributed by atoms with E-state index >= 15 is 0 Å². The van der Waals surface area contributed by atoms with Crippen LogP contribution in [0.4, 0.5) is 0 Å². The predicted molar refractivity (Wildman–Crippen MR) is 370 cm³/mol. The molecule has 0 bridgehead atoms. The number of hydrogen-bond donors (Lipinski definition) is 3. The molecule has 2 heterocycles. The molecular formula is C73H102N2O32. The second-order valence-corrected chi connectivity index (χ2v) is 22.2. The van der Waals surface area contributed by atoms with Gasteiger partial charge in [0.1, 0.15) is 46.2 Å². The van der Waals surface area contributed by atoms with E-state index in [0.29, 0.717) is 69.0 Å². The fourth-order valence-electron chi connectivity index (χ4n) is 8.17. The quantitative estimate of drug-likeness (QED) is 0.0282. The number of carboxylic acid groups (broad SMARTS) is 1. The number of aliphatic hydroxyl groups excluding tert-OH is 2. The van der Waals surface area contributed by atoms with E-state index in [4.69, 9.17) is 86.6 Å². The number of esters is 7. The van der Waals surface area contributed by atoms with Gasteiger partial charge in [0.25, 0.3) is 23.6 Å². The largest absolute Gasteiger partial charge is 0.481 e. The van der Waals surface area contributed by atoms with Crippen LogP contribution in [0.3, 0.4) is 0 Å². The number of hydrogen-bond acceptors (Lipinski definition) is 31. The Balaban J connectivity index is 0.000000798. The number of rotatable bonds is 53. The van der Waals surface area contributed by atoms with E-state index in [9.17, 15) is 67.1 Å². The Morgan fingerprint density at radius 1 is 0.280 bits per heavy atom. The van der Waals surface area contributed by atoms with Gasteiger partial charge in [-0.25, -0.2) is 9.59 Å². The zero-order valence-corrected chi connectivity index (χ0v) is 59.5. The molecule has 2 fully saturated rings. The van der Waals surface area contributed by atoms with Crippen molar-refractivity contribution in [2.75, 3.05) is 119 Å². The summed E-state index contributed by atoms with van der Waals surface area (Å²) in [7, 11) is 0. The average Bonchev–Trinajstić information content (AvgIpc) is 1.74. The Bertz CT molecular complexity index is 2850. The Morgan fingerprint density at radius 2 is 0.486 bits per heavy atom. The number of aliphatic carboxylic acids is 1. The second-order valence-electron chi connectivity index (χ2n) is 22.2. The van der Waals surface area contributed by atoms with E-state index in [1.165, 1.54) is 0 Å². The lowest BCUT2D eigenvalue weighted by Gasteiger charge is -2.12. The molecule has 0 atom stereocenters. The molecule has 0 spiro atoms. The molecule has 0 aromatic heterocycles. The van der Waals surface area contributed by atoms with Gasteiger partial charge in [-0.05, 0) is 48.8 Å². The number of nitrogens with zero attached hydrogens (tertiary/aromatic N) is 2. The van der Waals surface area contributed by atoms with E-state index in [0.717, 1.165) is 16.7 Å². The van der Waals surface area contributed by atoms with Crippen LogP contribution in [-0.2, 0) is 158 Å². The Kier molecular flexibility index (Phi) is 56.6. The highest BCUT2D eigenvalue weighted by molar-refractivity contribution is 6.02. The van der Waals surface area contributed by atoms with Crippen LogP contribution in [0.25, 0.3) is 0 Å². The van der Waals surface area contributed by atoms with Gasteiger partial charge >= 0.3 is 59.7 Å². The Morgan fingerprint density at radius 3 is 0.720 bits per heavy atom. The van der Waals surface area contributed by atoms with Crippen LogP contribution in [0.2, 0.25) is 0 Å². The van der Waals surface area contributed by atoms with Crippen molar-refractivity contribution in [2.45, 2.75) is 149 Å². The monoisotopic (exact) mass is 1520 g/mol. The molecule has 34 nitrogen and oxygen atoms in total. The fourth-order valence-corrected chi connectivity index (χ4v) is 8.17. The van der Waals surface area contributed by atoms with Crippen LogP contribution in [0, 0.1) is 0 Å². The Hall–Kier alpha value is -9.68. The first-order valence-electron chi connectivity index (χ1n) is 34.5. The number of carbonyl (C=O) groups excluding carboxylic acids is 13. The van der Waals surface area contributed by atoms with Crippen molar-refractivity contribution in [1.82, 2.24) is 10.1 Å². The molecule has 0 aliphatic carbocycles. The van der Waals surface area contributed by atoms with Crippen molar-refractivity contribution in [2.24, 2.45) is 0 Å². The smallest absolute Gasteiger partial charge is 0.333 e. The maximum absolute atomic E-state index is 11.7. The number of aliphatic hydroxyl groups is 2. The molecule has 34 heteroatoms. The van der Waals surface area contributed by atoms with Crippen LogP contribution in [0.15, 0.2) is 91.0 Å². The molecule has 3 aromatic carbocycles. The van der Waals surface area contributed by atoms with Crippen molar-refractivity contribution in [3.63, 3.8) is 0 Å². The van der Waals surface area contributed by atoms with Gasteiger partial charge in [0.15, 0.2) is 0 Å². The third-order valence-corrected chi connectivity index (χ3v) is 13.5. The first-order valence-corrected chi connectivity index (χ1v) is 34.5. The lowest BCUT2D eigenvalue weighted by Crippen LogP contribution is -2.32. The van der Waals surface area contributed by atoms with Gasteiger partial charge < -0.3 is 86.6 Å². The summed E-state index contributed by atoms with van der Waals surface area (Å²) in [6.07, 6.45) is 1.58. The van der Waals surface area contributed by atoms with Crippen molar-refractivity contribution in [3.8, 4) is 0 Å². The third kappa shape index (κ3) is 53.7. The number of imide groups is 2. The zero-order valence-electron chi connectivity index (χ0n) is 59.5. The van der Waals surface area contributed by atoms with Crippen molar-refractivity contribution < 1.29 is 154 Å². The summed E-state index contributed by atoms with van der Waals surface area (Å²) < 4.78 is 66.2. The number of benzene rings is 3. The number of amides is 4. The van der Waals surface area contributed by atoms with E-state index in [1.54, 1.807) is 0 Å². The van der Waals surface area contributed by atoms with Crippen LogP contribution < -0.4 is 0 Å². The van der Waals surface area contributed by atoms with E-state index in [1.807, 2.05) is 91.0 Å². The molecule has 0 saturated carbocycles. The maximum Gasteiger partial charge on any atom is 0.333 e. The standard InChI is InChI=1S/C30H38O10.C24H32N2O14.C12H14O4.C6H14O4.CH4/c31-27(13-7-15-29(33)39-23-25-9-3-1-4-10-25)37-21-19-35-17-18-36-20-22-38-28(32)14-8-16-30(34)40-24-26-11-5-2-6-12-26;27-17-7-8-18(28)25(17)39-23(33)5-1-3-21(31)37-15-13-35-11-12-36-14-16-38-22(32)4-2-6-24(34)40-26-19(29)9-10-20(26)30;13-11(14)7-4-8-12(15)16-9-10-5-2-1-3-6-10;7-1-3-9-5-6-10-4-2-8;/h1-6,9-12H,7-8,13-24H2;1-16H2;1-3,5-6H,4,7-9H2,(H,13,14);7-8H,1-6H2;1H4. The molecule has 596 valence electrons. The molecule has 3 N–H and O–H groups in total. The van der Waals surface area contributed by atoms with Crippen molar-refractivity contribution in [3.05, 3.63) is 108 Å². The third-order valence-electron chi connectivity index (χ3n) is 13.5. The first-order chi connectivity index (χ1) is 51.3. The lowest BCUT2D eigenvalue weighted by atomic mass is 10.2.